The number of amides is 1. The molecule has 11 nitrogen and oxygen atoms in total. The number of nitrogens with zero attached hydrogens (tertiary/aromatic N) is 4. The van der Waals surface area contributed by atoms with Gasteiger partial charge in [-0.05, 0) is 55.5 Å². The van der Waals surface area contributed by atoms with Crippen LogP contribution in [0, 0.1) is 11.7 Å². The van der Waals surface area contributed by atoms with Crippen LogP contribution >= 0.6 is 11.3 Å². The quantitative estimate of drug-likeness (QED) is 0.153. The molecule has 0 radical (unpaired) electrons. The largest absolute Gasteiger partial charge is 0.497 e. The molecule has 2 aromatic carbocycles. The minimum Gasteiger partial charge on any atom is -0.497 e. The minimum absolute atomic E-state index is 0.119. The van der Waals surface area contributed by atoms with Gasteiger partial charge >= 0.3 is 12.1 Å². The molecule has 1 saturated heterocycles. The van der Waals surface area contributed by atoms with Crippen molar-refractivity contribution in [3.63, 3.8) is 0 Å². The van der Waals surface area contributed by atoms with Gasteiger partial charge in [-0.1, -0.05) is 0 Å². The van der Waals surface area contributed by atoms with Gasteiger partial charge in [0.25, 0.3) is 0 Å². The zero-order valence-corrected chi connectivity index (χ0v) is 27.4. The smallest absolute Gasteiger partial charge is 0.490 e. The average molecular weight is 704 g/mol. The fraction of sp³-hybridized carbons (Fsp3) is 0.364. The van der Waals surface area contributed by atoms with Gasteiger partial charge in [0.05, 0.1) is 42.0 Å². The Morgan fingerprint density at radius 1 is 1.08 bits per heavy atom. The summed E-state index contributed by atoms with van der Waals surface area (Å²) in [6, 6.07) is 12.2. The predicted molar refractivity (Wildman–Crippen MR) is 173 cm³/mol. The lowest BCUT2D eigenvalue weighted by Crippen LogP contribution is -2.29. The molecule has 1 aliphatic heterocycles. The maximum absolute atomic E-state index is 14.8. The van der Waals surface area contributed by atoms with E-state index in [1.165, 1.54) is 18.9 Å². The second kappa shape index (κ2) is 15.5. The maximum atomic E-state index is 14.8. The molecule has 1 saturated carbocycles. The highest BCUT2D eigenvalue weighted by Gasteiger charge is 2.38. The zero-order chi connectivity index (χ0) is 35.1. The van der Waals surface area contributed by atoms with Gasteiger partial charge < -0.3 is 29.5 Å². The van der Waals surface area contributed by atoms with E-state index in [1.807, 2.05) is 24.3 Å². The fourth-order valence-corrected chi connectivity index (χ4v) is 6.08. The molecule has 6 rings (SSSR count). The Labute approximate surface area is 282 Å². The lowest BCUT2D eigenvalue weighted by Gasteiger charge is -2.16. The number of methoxy groups -OCH3 is 2. The molecule has 4 aromatic rings. The number of thiazole rings is 1. The summed E-state index contributed by atoms with van der Waals surface area (Å²) in [5, 5.41) is 11.3. The van der Waals surface area contributed by atoms with Crippen molar-refractivity contribution >= 4 is 34.8 Å². The van der Waals surface area contributed by atoms with Crippen LogP contribution in [0.1, 0.15) is 30.7 Å². The van der Waals surface area contributed by atoms with Crippen molar-refractivity contribution in [1.82, 2.24) is 19.9 Å². The van der Waals surface area contributed by atoms with Crippen LogP contribution in [-0.2, 0) is 16.0 Å². The maximum Gasteiger partial charge on any atom is 0.490 e. The molecule has 2 fully saturated rings. The summed E-state index contributed by atoms with van der Waals surface area (Å²) in [5.41, 5.74) is 2.88. The summed E-state index contributed by atoms with van der Waals surface area (Å²) in [4.78, 5) is 37.5. The fourth-order valence-electron chi connectivity index (χ4n) is 4.91. The molecule has 0 spiro atoms. The molecule has 1 amide bonds. The minimum atomic E-state index is -5.08. The van der Waals surface area contributed by atoms with Crippen molar-refractivity contribution in [2.75, 3.05) is 39.2 Å². The number of carbonyl (C=O) groups excluding carboxylic acids is 1. The number of ether oxygens (including phenoxy) is 3. The van der Waals surface area contributed by atoms with E-state index in [1.54, 1.807) is 48.8 Å². The first-order chi connectivity index (χ1) is 23.4. The second-order valence-electron chi connectivity index (χ2n) is 11.2. The zero-order valence-electron chi connectivity index (χ0n) is 26.6. The first kappa shape index (κ1) is 35.3. The van der Waals surface area contributed by atoms with Gasteiger partial charge in [0, 0.05) is 49.0 Å². The number of hydrogen-bond donors (Lipinski definition) is 2. The SMILES string of the molecule is COc1cc(OC)cc(-c2nc(CC3CC3)sc2-c2ccnc(Nc3ccc(OCCN4CCCC4=O)c(F)c3)n2)c1.O=C(O)C(F)(F)F. The van der Waals surface area contributed by atoms with E-state index in [9.17, 15) is 22.4 Å². The summed E-state index contributed by atoms with van der Waals surface area (Å²) < 4.78 is 63.2. The molecule has 3 heterocycles. The number of hydrogen-bond acceptors (Lipinski definition) is 10. The molecular formula is C33H33F4N5O6S. The monoisotopic (exact) mass is 703 g/mol. The van der Waals surface area contributed by atoms with Crippen molar-refractivity contribution in [2.24, 2.45) is 5.92 Å². The first-order valence-corrected chi connectivity index (χ1v) is 16.1. The highest BCUT2D eigenvalue weighted by molar-refractivity contribution is 7.15. The van der Waals surface area contributed by atoms with E-state index >= 15 is 0 Å². The van der Waals surface area contributed by atoms with Gasteiger partial charge in [-0.2, -0.15) is 13.2 Å². The first-order valence-electron chi connectivity index (χ1n) is 15.3. The van der Waals surface area contributed by atoms with Crippen LogP contribution < -0.4 is 19.5 Å². The lowest BCUT2D eigenvalue weighted by molar-refractivity contribution is -0.192. The number of aromatic nitrogens is 3. The molecule has 0 unspecified atom stereocenters. The van der Waals surface area contributed by atoms with Crippen molar-refractivity contribution in [2.45, 2.75) is 38.3 Å². The Hall–Kier alpha value is -4.99. The molecule has 1 aliphatic carbocycles. The number of rotatable bonds is 12. The molecule has 0 bridgehead atoms. The van der Waals surface area contributed by atoms with Gasteiger partial charge in [-0.15, -0.1) is 11.3 Å². The Morgan fingerprint density at radius 3 is 2.39 bits per heavy atom. The molecule has 16 heteroatoms. The van der Waals surface area contributed by atoms with Crippen LogP contribution in [0.15, 0.2) is 48.7 Å². The third-order valence-corrected chi connectivity index (χ3v) is 8.67. The van der Waals surface area contributed by atoms with Crippen LogP contribution in [-0.4, -0.2) is 76.9 Å². The van der Waals surface area contributed by atoms with E-state index < -0.39 is 18.0 Å². The topological polar surface area (TPSA) is 136 Å². The number of nitrogens with one attached hydrogen (secondary N) is 1. The van der Waals surface area contributed by atoms with Crippen LogP contribution in [0.25, 0.3) is 21.8 Å². The molecule has 260 valence electrons. The predicted octanol–water partition coefficient (Wildman–Crippen LogP) is 6.75. The number of anilines is 2. The van der Waals surface area contributed by atoms with E-state index in [2.05, 4.69) is 10.3 Å². The summed E-state index contributed by atoms with van der Waals surface area (Å²) in [7, 11) is 3.25. The van der Waals surface area contributed by atoms with Crippen molar-refractivity contribution in [3.8, 4) is 39.1 Å². The number of alkyl halides is 3. The van der Waals surface area contributed by atoms with Gasteiger partial charge in [-0.25, -0.2) is 24.1 Å². The van der Waals surface area contributed by atoms with E-state index in [-0.39, 0.29) is 18.3 Å². The molecule has 2 N–H and O–H groups in total. The Bertz CT molecular complexity index is 1780. The summed E-state index contributed by atoms with van der Waals surface area (Å²) >= 11 is 1.63. The summed E-state index contributed by atoms with van der Waals surface area (Å²) in [6.07, 6.45) is 1.43. The van der Waals surface area contributed by atoms with Crippen molar-refractivity contribution in [1.29, 1.82) is 0 Å². The van der Waals surface area contributed by atoms with Gasteiger partial charge in [0.2, 0.25) is 11.9 Å². The number of aliphatic carboxylic acids is 1. The average Bonchev–Trinajstić information content (AvgIpc) is 3.64. The Morgan fingerprint density at radius 2 is 1.80 bits per heavy atom. The Kier molecular flexibility index (Phi) is 11.2. The third kappa shape index (κ3) is 9.55. The van der Waals surface area contributed by atoms with E-state index in [0.717, 1.165) is 40.5 Å². The lowest BCUT2D eigenvalue weighted by atomic mass is 10.1. The van der Waals surface area contributed by atoms with Gasteiger partial charge in [0.1, 0.15) is 18.1 Å². The molecule has 49 heavy (non-hydrogen) atoms. The normalized spacial score (nSPS) is 14.2. The number of halogens is 4. The van der Waals surface area contributed by atoms with E-state index in [4.69, 9.17) is 34.1 Å². The summed E-state index contributed by atoms with van der Waals surface area (Å²) in [5.74, 6) is -0.643. The van der Waals surface area contributed by atoms with Crippen molar-refractivity contribution in [3.05, 3.63) is 59.5 Å². The van der Waals surface area contributed by atoms with Crippen molar-refractivity contribution < 1.29 is 46.5 Å². The van der Waals surface area contributed by atoms with Crippen LogP contribution in [0.5, 0.6) is 17.2 Å². The van der Waals surface area contributed by atoms with Gasteiger partial charge in [-0.3, -0.25) is 4.79 Å². The van der Waals surface area contributed by atoms with Crippen LogP contribution in [0.2, 0.25) is 0 Å². The third-order valence-electron chi connectivity index (χ3n) is 7.57. The van der Waals surface area contributed by atoms with Crippen LogP contribution in [0.3, 0.4) is 0 Å². The number of likely N-dealkylation sites (tertiary alicyclic amines) is 1. The second-order valence-corrected chi connectivity index (χ2v) is 12.3. The standard InChI is InChI=1S/C31H32FN5O4S.C2HF3O2/c1-39-22-15-20(16-23(18-22)40-2)29-30(42-27(36-29)14-19-5-6-19)25-9-10-33-31(35-25)34-21-7-8-26(24(32)17-21)41-13-12-37-11-3-4-28(37)38;3-2(4,5)1(6)7/h7-10,15-19H,3-6,11-14H2,1-2H3,(H,33,34,35);(H,6,7). The summed E-state index contributed by atoms with van der Waals surface area (Å²) in [6.45, 7) is 1.41. The number of carboxylic acids is 1. The van der Waals surface area contributed by atoms with Gasteiger partial charge in [0.15, 0.2) is 11.6 Å². The number of benzene rings is 2. The highest BCUT2D eigenvalue weighted by atomic mass is 32.1. The number of carboxylic acid groups (broad SMARTS) is 1. The molecule has 2 aromatic heterocycles. The highest BCUT2D eigenvalue weighted by Crippen LogP contribution is 2.42. The van der Waals surface area contributed by atoms with E-state index in [0.29, 0.717) is 47.7 Å². The number of carbonyl (C=O) groups is 2. The Balaban J connectivity index is 0.000000606. The molecule has 2 aliphatic rings. The molecule has 0 atom stereocenters. The van der Waals surface area contributed by atoms with Crippen LogP contribution in [0.4, 0.5) is 29.2 Å². The molecular weight excluding hydrogens is 670 g/mol.